The molecule has 1 aliphatic heterocycles. The highest BCUT2D eigenvalue weighted by Gasteiger charge is 2.30. The number of aryl methyl sites for hydroxylation is 1. The molecule has 0 fully saturated rings. The summed E-state index contributed by atoms with van der Waals surface area (Å²) in [5.74, 6) is -0.0301. The van der Waals surface area contributed by atoms with Crippen LogP contribution in [0.25, 0.3) is 0 Å². The van der Waals surface area contributed by atoms with Crippen molar-refractivity contribution >= 4 is 49.1 Å². The van der Waals surface area contributed by atoms with Gasteiger partial charge in [-0.25, -0.2) is 0 Å². The average molecular weight is 396 g/mol. The monoisotopic (exact) mass is 394 g/mol. The van der Waals surface area contributed by atoms with E-state index in [9.17, 15) is 4.79 Å². The quantitative estimate of drug-likeness (QED) is 0.778. The third-order valence-electron chi connectivity index (χ3n) is 3.34. The lowest BCUT2D eigenvalue weighted by molar-refractivity contribution is -0.116. The summed E-state index contributed by atoms with van der Waals surface area (Å²) in [5.41, 5.74) is 3.88. The zero-order chi connectivity index (χ0) is 14.3. The van der Waals surface area contributed by atoms with E-state index in [1.165, 1.54) is 0 Å². The molecule has 1 heterocycles. The van der Waals surface area contributed by atoms with Gasteiger partial charge in [0, 0.05) is 25.9 Å². The minimum absolute atomic E-state index is 0.0301. The van der Waals surface area contributed by atoms with Gasteiger partial charge in [-0.05, 0) is 42.8 Å². The van der Waals surface area contributed by atoms with Gasteiger partial charge < -0.3 is 10.6 Å². The van der Waals surface area contributed by atoms with Crippen LogP contribution >= 0.6 is 31.9 Å². The first kappa shape index (κ1) is 13.6. The Bertz CT molecular complexity index is 700. The van der Waals surface area contributed by atoms with Gasteiger partial charge in [0.1, 0.15) is 6.04 Å². The molecule has 0 aliphatic carbocycles. The number of carbonyl (C=O) groups excluding carboxylic acids is 1. The van der Waals surface area contributed by atoms with Crippen LogP contribution < -0.4 is 10.6 Å². The molecule has 1 aliphatic rings. The maximum absolute atomic E-state index is 12.1. The average Bonchev–Trinajstić information content (AvgIpc) is 2.70. The number of benzene rings is 2. The molecule has 2 aromatic carbocycles. The molecule has 20 heavy (non-hydrogen) atoms. The van der Waals surface area contributed by atoms with Crippen LogP contribution in [0.2, 0.25) is 0 Å². The minimum atomic E-state index is -0.365. The molecule has 2 aromatic rings. The molecular formula is C15H12Br2N2O. The molecular weight excluding hydrogens is 384 g/mol. The first-order valence-electron chi connectivity index (χ1n) is 6.17. The van der Waals surface area contributed by atoms with E-state index in [1.807, 2.05) is 43.3 Å². The number of hydrogen-bond donors (Lipinski definition) is 2. The first-order chi connectivity index (χ1) is 9.54. The van der Waals surface area contributed by atoms with Gasteiger partial charge >= 0.3 is 0 Å². The number of anilines is 2. The van der Waals surface area contributed by atoms with Crippen molar-refractivity contribution < 1.29 is 4.79 Å². The van der Waals surface area contributed by atoms with Crippen LogP contribution in [0, 0.1) is 6.92 Å². The van der Waals surface area contributed by atoms with Crippen molar-refractivity contribution in [3.8, 4) is 0 Å². The van der Waals surface area contributed by atoms with Crippen molar-refractivity contribution in [1.82, 2.24) is 0 Å². The van der Waals surface area contributed by atoms with Crippen molar-refractivity contribution in [2.24, 2.45) is 0 Å². The molecule has 0 spiro atoms. The van der Waals surface area contributed by atoms with Gasteiger partial charge in [-0.1, -0.05) is 37.9 Å². The van der Waals surface area contributed by atoms with Gasteiger partial charge in [0.2, 0.25) is 0 Å². The van der Waals surface area contributed by atoms with Crippen molar-refractivity contribution in [3.63, 3.8) is 0 Å². The summed E-state index contributed by atoms with van der Waals surface area (Å²) in [6.07, 6.45) is 0. The van der Waals surface area contributed by atoms with Crippen molar-refractivity contribution in [3.05, 3.63) is 56.5 Å². The fourth-order valence-corrected chi connectivity index (χ4v) is 3.02. The predicted molar refractivity (Wildman–Crippen MR) is 88.0 cm³/mol. The molecule has 1 unspecified atom stereocenters. The molecule has 2 N–H and O–H groups in total. The summed E-state index contributed by atoms with van der Waals surface area (Å²) in [4.78, 5) is 12.1. The molecule has 5 heteroatoms. The van der Waals surface area contributed by atoms with Crippen LogP contribution in [0.5, 0.6) is 0 Å². The Morgan fingerprint density at radius 2 is 1.80 bits per heavy atom. The standard InChI is InChI=1S/C15H12Br2N2O/c1-8-2-3-10(17)7-13(8)18-14-11-6-9(16)4-5-12(11)19-15(14)20/h2-7,14,18H,1H3,(H,19,20). The van der Waals surface area contributed by atoms with Crippen molar-refractivity contribution in [1.29, 1.82) is 0 Å². The van der Waals surface area contributed by atoms with E-state index in [-0.39, 0.29) is 11.9 Å². The minimum Gasteiger partial charge on any atom is -0.370 e. The van der Waals surface area contributed by atoms with Crippen molar-refractivity contribution in [2.45, 2.75) is 13.0 Å². The van der Waals surface area contributed by atoms with E-state index in [1.54, 1.807) is 0 Å². The number of halogens is 2. The van der Waals surface area contributed by atoms with E-state index in [4.69, 9.17) is 0 Å². The summed E-state index contributed by atoms with van der Waals surface area (Å²) < 4.78 is 1.95. The van der Waals surface area contributed by atoms with Crippen molar-refractivity contribution in [2.75, 3.05) is 10.6 Å². The van der Waals surface area contributed by atoms with Gasteiger partial charge in [0.25, 0.3) is 5.91 Å². The van der Waals surface area contributed by atoms with Crippen LogP contribution in [0.3, 0.4) is 0 Å². The Morgan fingerprint density at radius 1 is 1.10 bits per heavy atom. The molecule has 0 saturated carbocycles. The Kier molecular flexibility index (Phi) is 3.56. The van der Waals surface area contributed by atoms with Crippen LogP contribution in [-0.4, -0.2) is 5.91 Å². The summed E-state index contributed by atoms with van der Waals surface area (Å²) in [5, 5.41) is 6.22. The molecule has 3 nitrogen and oxygen atoms in total. The van der Waals surface area contributed by atoms with Gasteiger partial charge in [-0.15, -0.1) is 0 Å². The third-order valence-corrected chi connectivity index (χ3v) is 4.33. The lowest BCUT2D eigenvalue weighted by Gasteiger charge is -2.15. The number of rotatable bonds is 2. The van der Waals surface area contributed by atoms with Crippen LogP contribution in [0.1, 0.15) is 17.2 Å². The second-order valence-electron chi connectivity index (χ2n) is 4.76. The second kappa shape index (κ2) is 5.22. The highest BCUT2D eigenvalue weighted by atomic mass is 79.9. The van der Waals surface area contributed by atoms with Gasteiger partial charge in [-0.3, -0.25) is 4.79 Å². The summed E-state index contributed by atoms with van der Waals surface area (Å²) in [6, 6.07) is 11.4. The molecule has 1 atom stereocenters. The van der Waals surface area contributed by atoms with Gasteiger partial charge in [0.05, 0.1) is 0 Å². The number of amides is 1. The highest BCUT2D eigenvalue weighted by molar-refractivity contribution is 9.10. The van der Waals surface area contributed by atoms with Crippen LogP contribution in [0.4, 0.5) is 11.4 Å². The third kappa shape index (κ3) is 2.47. The van der Waals surface area contributed by atoms with E-state index < -0.39 is 0 Å². The van der Waals surface area contributed by atoms with Gasteiger partial charge in [0.15, 0.2) is 0 Å². The first-order valence-corrected chi connectivity index (χ1v) is 7.76. The Morgan fingerprint density at radius 3 is 2.60 bits per heavy atom. The fraction of sp³-hybridized carbons (Fsp3) is 0.133. The zero-order valence-electron chi connectivity index (χ0n) is 10.7. The summed E-state index contributed by atoms with van der Waals surface area (Å²) in [6.45, 7) is 2.02. The maximum atomic E-state index is 12.1. The van der Waals surface area contributed by atoms with Gasteiger partial charge in [-0.2, -0.15) is 0 Å². The smallest absolute Gasteiger partial charge is 0.251 e. The summed E-state index contributed by atoms with van der Waals surface area (Å²) >= 11 is 6.91. The molecule has 3 rings (SSSR count). The predicted octanol–water partition coefficient (Wildman–Crippen LogP) is 4.63. The Labute approximate surface area is 134 Å². The lowest BCUT2D eigenvalue weighted by Crippen LogP contribution is -2.20. The Balaban J connectivity index is 1.97. The van der Waals surface area contributed by atoms with E-state index in [0.29, 0.717) is 0 Å². The van der Waals surface area contributed by atoms with E-state index in [0.717, 1.165) is 31.4 Å². The maximum Gasteiger partial charge on any atom is 0.251 e. The largest absolute Gasteiger partial charge is 0.370 e. The van der Waals surface area contributed by atoms with Crippen LogP contribution in [0.15, 0.2) is 45.3 Å². The molecule has 0 bridgehead atoms. The molecule has 0 radical (unpaired) electrons. The van der Waals surface area contributed by atoms with Crippen LogP contribution in [-0.2, 0) is 4.79 Å². The number of nitrogens with one attached hydrogen (secondary N) is 2. The number of carbonyl (C=O) groups is 1. The normalized spacial score (nSPS) is 16.8. The SMILES string of the molecule is Cc1ccc(Br)cc1NC1C(=O)Nc2ccc(Br)cc21. The second-order valence-corrected chi connectivity index (χ2v) is 6.59. The summed E-state index contributed by atoms with van der Waals surface area (Å²) in [7, 11) is 0. The highest BCUT2D eigenvalue weighted by Crippen LogP contribution is 2.36. The topological polar surface area (TPSA) is 41.1 Å². The molecule has 0 saturated heterocycles. The van der Waals surface area contributed by atoms with E-state index in [2.05, 4.69) is 42.5 Å². The van der Waals surface area contributed by atoms with E-state index >= 15 is 0 Å². The molecule has 1 amide bonds. The molecule has 0 aromatic heterocycles. The lowest BCUT2D eigenvalue weighted by atomic mass is 10.1. The number of fused-ring (bicyclic) bond motifs is 1. The fourth-order valence-electron chi connectivity index (χ4n) is 2.28. The Hall–Kier alpha value is -1.33. The molecule has 102 valence electrons. The zero-order valence-corrected chi connectivity index (χ0v) is 13.9. The number of hydrogen-bond acceptors (Lipinski definition) is 2.